The van der Waals surface area contributed by atoms with E-state index in [0.29, 0.717) is 5.56 Å². The van der Waals surface area contributed by atoms with E-state index in [2.05, 4.69) is 5.32 Å². The molecule has 2 aromatic rings. The molecule has 2 rings (SSSR count). The van der Waals surface area contributed by atoms with Crippen molar-refractivity contribution in [3.63, 3.8) is 0 Å². The first-order valence-corrected chi connectivity index (χ1v) is 10.4. The lowest BCUT2D eigenvalue weighted by Gasteiger charge is -2.16. The van der Waals surface area contributed by atoms with E-state index >= 15 is 0 Å². The van der Waals surface area contributed by atoms with Gasteiger partial charge in [0.1, 0.15) is 5.75 Å². The van der Waals surface area contributed by atoms with Crippen molar-refractivity contribution in [2.45, 2.75) is 45.8 Å². The summed E-state index contributed by atoms with van der Waals surface area (Å²) in [6, 6.07) is 10.9. The van der Waals surface area contributed by atoms with Gasteiger partial charge in [-0.2, -0.15) is 0 Å². The third-order valence-electron chi connectivity index (χ3n) is 4.39. The number of primary amides is 1. The van der Waals surface area contributed by atoms with Crippen molar-refractivity contribution in [1.29, 1.82) is 0 Å². The number of carbonyl (C=O) groups is 2. The van der Waals surface area contributed by atoms with Gasteiger partial charge in [0, 0.05) is 11.6 Å². The number of rotatable bonds is 11. The molecule has 0 aromatic heterocycles. The van der Waals surface area contributed by atoms with Gasteiger partial charge in [-0.25, -0.2) is 0 Å². The molecule has 0 saturated carbocycles. The molecule has 1 unspecified atom stereocenters. The quantitative estimate of drug-likeness (QED) is 0.545. The summed E-state index contributed by atoms with van der Waals surface area (Å²) >= 11 is 6.22. The van der Waals surface area contributed by atoms with E-state index in [1.165, 1.54) is 19.2 Å². The lowest BCUT2D eigenvalue weighted by molar-refractivity contribution is -0.119. The van der Waals surface area contributed by atoms with Crippen LogP contribution in [0.3, 0.4) is 0 Å². The van der Waals surface area contributed by atoms with E-state index in [9.17, 15) is 9.59 Å². The minimum atomic E-state index is -0.643. The van der Waals surface area contributed by atoms with Gasteiger partial charge in [-0.3, -0.25) is 9.59 Å². The number of nitrogens with one attached hydrogen (secondary N) is 1. The number of amides is 2. The van der Waals surface area contributed by atoms with Crippen LogP contribution in [0, 0.1) is 0 Å². The van der Waals surface area contributed by atoms with Crippen LogP contribution in [0.1, 0.15) is 43.1 Å². The summed E-state index contributed by atoms with van der Waals surface area (Å²) in [5.41, 5.74) is 6.59. The van der Waals surface area contributed by atoms with Crippen molar-refractivity contribution in [2.24, 2.45) is 5.73 Å². The Balaban J connectivity index is 1.96. The van der Waals surface area contributed by atoms with Crippen LogP contribution < -0.4 is 25.3 Å². The van der Waals surface area contributed by atoms with Gasteiger partial charge in [0.05, 0.1) is 18.2 Å². The molecular formula is C23H29ClN2O5. The molecule has 0 spiro atoms. The molecular weight excluding hydrogens is 420 g/mol. The van der Waals surface area contributed by atoms with Gasteiger partial charge >= 0.3 is 0 Å². The Kier molecular flexibility index (Phi) is 9.00. The van der Waals surface area contributed by atoms with Gasteiger partial charge in [0.25, 0.3) is 11.8 Å². The van der Waals surface area contributed by atoms with Crippen LogP contribution in [-0.2, 0) is 11.2 Å². The molecule has 2 aromatic carbocycles. The smallest absolute Gasteiger partial charge is 0.255 e. The van der Waals surface area contributed by atoms with Gasteiger partial charge in [0.15, 0.2) is 18.1 Å². The molecule has 7 nitrogen and oxygen atoms in total. The monoisotopic (exact) mass is 448 g/mol. The lowest BCUT2D eigenvalue weighted by Crippen LogP contribution is -2.33. The van der Waals surface area contributed by atoms with Crippen LogP contribution in [0.2, 0.25) is 5.02 Å². The third-order valence-corrected chi connectivity index (χ3v) is 4.67. The molecule has 0 heterocycles. The van der Waals surface area contributed by atoms with Crippen LogP contribution in [0.25, 0.3) is 0 Å². The first-order chi connectivity index (χ1) is 14.7. The number of hydrogen-bond acceptors (Lipinski definition) is 5. The summed E-state index contributed by atoms with van der Waals surface area (Å²) in [4.78, 5) is 23.6. The second-order valence-electron chi connectivity index (χ2n) is 7.47. The van der Waals surface area contributed by atoms with E-state index in [1.807, 2.05) is 45.0 Å². The number of benzene rings is 2. The number of nitrogens with two attached hydrogens (primary N) is 1. The SMILES string of the molecule is COc1cc(C(=O)NC(C)CCc2ccc(OC(C)C)cc2)cc(Cl)c1OCC(N)=O. The molecule has 0 aliphatic rings. The summed E-state index contributed by atoms with van der Waals surface area (Å²) in [5.74, 6) is 0.326. The van der Waals surface area contributed by atoms with E-state index in [4.69, 9.17) is 31.5 Å². The fraction of sp³-hybridized carbons (Fsp3) is 0.391. The highest BCUT2D eigenvalue weighted by Gasteiger charge is 2.18. The maximum atomic E-state index is 12.7. The van der Waals surface area contributed by atoms with Gasteiger partial charge in [-0.15, -0.1) is 0 Å². The average molecular weight is 449 g/mol. The molecule has 0 saturated heterocycles. The first kappa shape index (κ1) is 24.3. The van der Waals surface area contributed by atoms with Crippen molar-refractivity contribution < 1.29 is 23.8 Å². The van der Waals surface area contributed by atoms with Crippen LogP contribution in [0.4, 0.5) is 0 Å². The lowest BCUT2D eigenvalue weighted by atomic mass is 10.1. The summed E-state index contributed by atoms with van der Waals surface area (Å²) in [5, 5.41) is 3.11. The summed E-state index contributed by atoms with van der Waals surface area (Å²) in [6.45, 7) is 5.58. The molecule has 0 aliphatic carbocycles. The molecule has 0 aliphatic heterocycles. The number of ether oxygens (including phenoxy) is 3. The van der Waals surface area contributed by atoms with Crippen LogP contribution in [-0.4, -0.2) is 37.7 Å². The summed E-state index contributed by atoms with van der Waals surface area (Å²) in [6.07, 6.45) is 1.71. The minimum absolute atomic E-state index is 0.0605. The summed E-state index contributed by atoms with van der Waals surface area (Å²) < 4.78 is 16.2. The number of hydrogen-bond donors (Lipinski definition) is 2. The Morgan fingerprint density at radius 3 is 2.39 bits per heavy atom. The highest BCUT2D eigenvalue weighted by atomic mass is 35.5. The number of halogens is 1. The standard InChI is InChI=1S/C23H29ClN2O5/c1-14(2)31-18-9-7-16(8-10-18)6-5-15(3)26-23(28)17-11-19(24)22(20(12-17)29-4)30-13-21(25)27/h7-12,14-15H,5-6,13H2,1-4H3,(H2,25,27)(H,26,28). The Bertz CT molecular complexity index is 900. The molecule has 3 N–H and O–H groups in total. The zero-order valence-electron chi connectivity index (χ0n) is 18.2. The topological polar surface area (TPSA) is 99.9 Å². The maximum Gasteiger partial charge on any atom is 0.255 e. The Morgan fingerprint density at radius 1 is 1.13 bits per heavy atom. The van der Waals surface area contributed by atoms with Crippen molar-refractivity contribution in [1.82, 2.24) is 5.32 Å². The van der Waals surface area contributed by atoms with Gasteiger partial charge in [0.2, 0.25) is 0 Å². The second-order valence-corrected chi connectivity index (χ2v) is 7.88. The number of carbonyl (C=O) groups excluding carboxylic acids is 2. The normalized spacial score (nSPS) is 11.7. The highest BCUT2D eigenvalue weighted by molar-refractivity contribution is 6.32. The molecule has 0 fully saturated rings. The fourth-order valence-corrected chi connectivity index (χ4v) is 3.17. The van der Waals surface area contributed by atoms with Crippen molar-refractivity contribution in [2.75, 3.05) is 13.7 Å². The Labute approximate surface area is 187 Å². The first-order valence-electron chi connectivity index (χ1n) is 10.0. The Morgan fingerprint density at radius 2 is 1.81 bits per heavy atom. The van der Waals surface area contributed by atoms with Crippen LogP contribution in [0.5, 0.6) is 17.2 Å². The van der Waals surface area contributed by atoms with E-state index in [0.717, 1.165) is 24.2 Å². The predicted octanol–water partition coefficient (Wildman–Crippen LogP) is 3.75. The van der Waals surface area contributed by atoms with Crippen molar-refractivity contribution in [3.8, 4) is 17.2 Å². The maximum absolute atomic E-state index is 12.7. The predicted molar refractivity (Wildman–Crippen MR) is 120 cm³/mol. The molecule has 31 heavy (non-hydrogen) atoms. The van der Waals surface area contributed by atoms with Gasteiger partial charge < -0.3 is 25.3 Å². The largest absolute Gasteiger partial charge is 0.493 e. The zero-order valence-corrected chi connectivity index (χ0v) is 19.0. The molecule has 8 heteroatoms. The number of methoxy groups -OCH3 is 1. The molecule has 168 valence electrons. The van der Waals surface area contributed by atoms with Gasteiger partial charge in [-0.05, 0) is 63.4 Å². The number of aryl methyl sites for hydroxylation is 1. The van der Waals surface area contributed by atoms with Crippen LogP contribution >= 0.6 is 11.6 Å². The van der Waals surface area contributed by atoms with Crippen LogP contribution in [0.15, 0.2) is 36.4 Å². The van der Waals surface area contributed by atoms with Crippen molar-refractivity contribution >= 4 is 23.4 Å². The van der Waals surface area contributed by atoms with E-state index in [1.54, 1.807) is 0 Å². The van der Waals surface area contributed by atoms with E-state index < -0.39 is 5.91 Å². The molecule has 1 atom stereocenters. The summed E-state index contributed by atoms with van der Waals surface area (Å²) in [7, 11) is 1.42. The zero-order chi connectivity index (χ0) is 23.0. The van der Waals surface area contributed by atoms with Crippen molar-refractivity contribution in [3.05, 3.63) is 52.5 Å². The van der Waals surface area contributed by atoms with E-state index in [-0.39, 0.29) is 41.2 Å². The average Bonchev–Trinajstić information content (AvgIpc) is 2.71. The minimum Gasteiger partial charge on any atom is -0.493 e. The van der Waals surface area contributed by atoms with Gasteiger partial charge in [-0.1, -0.05) is 23.7 Å². The molecule has 2 amide bonds. The molecule has 0 radical (unpaired) electrons. The third kappa shape index (κ3) is 7.68. The second kappa shape index (κ2) is 11.5. The molecule has 0 bridgehead atoms. The fourth-order valence-electron chi connectivity index (χ4n) is 2.90. The highest BCUT2D eigenvalue weighted by Crippen LogP contribution is 2.36. The Hall–Kier alpha value is -2.93.